The molecule has 4 fully saturated rings. The van der Waals surface area contributed by atoms with E-state index >= 15 is 0 Å². The van der Waals surface area contributed by atoms with Gasteiger partial charge in [0.15, 0.2) is 0 Å². The maximum absolute atomic E-state index is 11.6. The van der Waals surface area contributed by atoms with Gasteiger partial charge in [-0.05, 0) is 86.9 Å². The van der Waals surface area contributed by atoms with Crippen molar-refractivity contribution in [2.45, 2.75) is 97.7 Å². The Labute approximate surface area is 163 Å². The lowest BCUT2D eigenvalue weighted by Crippen LogP contribution is -2.54. The third-order valence-electron chi connectivity index (χ3n) is 9.17. The Balaban J connectivity index is 1.51. The minimum atomic E-state index is -0.131. The molecule has 4 aliphatic rings. The maximum Gasteiger partial charge on any atom is 0.302 e. The largest absolute Gasteiger partial charge is 0.463 e. The first-order valence-electron chi connectivity index (χ1n) is 11.1. The first kappa shape index (κ1) is 19.3. The zero-order valence-corrected chi connectivity index (χ0v) is 17.5. The highest BCUT2D eigenvalue weighted by Gasteiger charge is 2.61. The zero-order valence-electron chi connectivity index (χ0n) is 17.5. The van der Waals surface area contributed by atoms with E-state index in [-0.39, 0.29) is 29.6 Å². The molecule has 8 unspecified atom stereocenters. The van der Waals surface area contributed by atoms with Gasteiger partial charge in [0.05, 0.1) is 0 Å². The van der Waals surface area contributed by atoms with Gasteiger partial charge in [-0.1, -0.05) is 13.8 Å². The Morgan fingerprint density at radius 2 is 1.44 bits per heavy atom. The molecule has 0 radical (unpaired) electrons. The second-order valence-electron chi connectivity index (χ2n) is 10.4. The Morgan fingerprint density at radius 1 is 0.778 bits per heavy atom. The molecule has 27 heavy (non-hydrogen) atoms. The summed E-state index contributed by atoms with van der Waals surface area (Å²) >= 11 is 0. The summed E-state index contributed by atoms with van der Waals surface area (Å²) in [6.07, 6.45) is 10.8. The highest BCUT2D eigenvalue weighted by molar-refractivity contribution is 5.66. The van der Waals surface area contributed by atoms with Gasteiger partial charge in [-0.25, -0.2) is 0 Å². The monoisotopic (exact) mass is 376 g/mol. The number of carbonyl (C=O) groups excluding carboxylic acids is 2. The van der Waals surface area contributed by atoms with Crippen molar-refractivity contribution in [2.75, 3.05) is 0 Å². The average molecular weight is 377 g/mol. The summed E-state index contributed by atoms with van der Waals surface area (Å²) in [6.45, 7) is 8.00. The lowest BCUT2D eigenvalue weighted by Gasteiger charge is -2.60. The van der Waals surface area contributed by atoms with Crippen LogP contribution in [0, 0.1) is 34.5 Å². The molecule has 4 saturated carbocycles. The molecule has 0 aromatic carbocycles. The average Bonchev–Trinajstić information content (AvgIpc) is 2.91. The van der Waals surface area contributed by atoms with E-state index in [1.807, 2.05) is 0 Å². The van der Waals surface area contributed by atoms with E-state index in [2.05, 4.69) is 13.8 Å². The van der Waals surface area contributed by atoms with Gasteiger partial charge in [0, 0.05) is 19.3 Å². The van der Waals surface area contributed by atoms with Crippen LogP contribution >= 0.6 is 0 Å². The third-order valence-corrected chi connectivity index (χ3v) is 9.17. The Bertz CT molecular complexity index is 615. The van der Waals surface area contributed by atoms with E-state index < -0.39 is 0 Å². The molecule has 0 bridgehead atoms. The number of rotatable bonds is 2. The van der Waals surface area contributed by atoms with Crippen LogP contribution in [0.2, 0.25) is 0 Å². The van der Waals surface area contributed by atoms with Crippen molar-refractivity contribution in [2.24, 2.45) is 34.5 Å². The molecular formula is C23H36O4. The van der Waals surface area contributed by atoms with E-state index in [0.717, 1.165) is 31.1 Å². The molecule has 8 atom stereocenters. The molecule has 0 saturated heterocycles. The molecule has 0 N–H and O–H groups in total. The van der Waals surface area contributed by atoms with Crippen LogP contribution < -0.4 is 0 Å². The second-order valence-corrected chi connectivity index (χ2v) is 10.4. The van der Waals surface area contributed by atoms with Crippen LogP contribution in [0.15, 0.2) is 0 Å². The SMILES string of the molecule is CC(=O)OC1CCC2(C)C(CCC3C2CCC2(C)C(OC(C)=O)CCC32)C1. The Morgan fingerprint density at radius 3 is 2.15 bits per heavy atom. The third kappa shape index (κ3) is 3.11. The molecule has 0 heterocycles. The molecule has 152 valence electrons. The molecular weight excluding hydrogens is 340 g/mol. The van der Waals surface area contributed by atoms with Crippen molar-refractivity contribution in [3.63, 3.8) is 0 Å². The van der Waals surface area contributed by atoms with E-state index in [1.54, 1.807) is 6.92 Å². The molecule has 4 heteroatoms. The summed E-state index contributed by atoms with van der Waals surface area (Å²) < 4.78 is 11.3. The summed E-state index contributed by atoms with van der Waals surface area (Å²) in [5.74, 6) is 2.69. The fourth-order valence-electron chi connectivity index (χ4n) is 7.91. The van der Waals surface area contributed by atoms with Crippen molar-refractivity contribution in [1.82, 2.24) is 0 Å². The highest BCUT2D eigenvalue weighted by Crippen LogP contribution is 2.66. The first-order chi connectivity index (χ1) is 12.7. The maximum atomic E-state index is 11.6. The molecule has 0 aromatic heterocycles. The molecule has 0 aromatic rings. The first-order valence-corrected chi connectivity index (χ1v) is 11.1. The predicted octanol–water partition coefficient (Wildman–Crippen LogP) is 4.89. The van der Waals surface area contributed by atoms with Crippen LogP contribution in [-0.4, -0.2) is 24.1 Å². The number of ether oxygens (including phenoxy) is 2. The fourth-order valence-corrected chi connectivity index (χ4v) is 7.91. The van der Waals surface area contributed by atoms with Gasteiger partial charge in [-0.2, -0.15) is 0 Å². The zero-order chi connectivity index (χ0) is 19.4. The topological polar surface area (TPSA) is 52.6 Å². The molecule has 4 nitrogen and oxygen atoms in total. The summed E-state index contributed by atoms with van der Waals surface area (Å²) in [6, 6.07) is 0. The molecule has 0 spiro atoms. The Kier molecular flexibility index (Phi) is 4.83. The van der Waals surface area contributed by atoms with Crippen molar-refractivity contribution in [3.8, 4) is 0 Å². The fraction of sp³-hybridized carbons (Fsp3) is 0.913. The van der Waals surface area contributed by atoms with Gasteiger partial charge in [-0.3, -0.25) is 9.59 Å². The minimum Gasteiger partial charge on any atom is -0.463 e. The quantitative estimate of drug-likeness (QED) is 0.644. The van der Waals surface area contributed by atoms with Crippen LogP contribution in [0.1, 0.15) is 85.5 Å². The van der Waals surface area contributed by atoms with E-state index in [9.17, 15) is 9.59 Å². The van der Waals surface area contributed by atoms with Crippen LogP contribution in [-0.2, 0) is 19.1 Å². The molecule has 4 aliphatic carbocycles. The lowest BCUT2D eigenvalue weighted by atomic mass is 9.45. The van der Waals surface area contributed by atoms with Crippen molar-refractivity contribution in [3.05, 3.63) is 0 Å². The van der Waals surface area contributed by atoms with Crippen molar-refractivity contribution in [1.29, 1.82) is 0 Å². The summed E-state index contributed by atoms with van der Waals surface area (Å²) in [4.78, 5) is 23.0. The minimum absolute atomic E-state index is 0.117. The van der Waals surface area contributed by atoms with E-state index in [0.29, 0.717) is 17.3 Å². The number of fused-ring (bicyclic) bond motifs is 5. The molecule has 0 amide bonds. The normalized spacial score (nSPS) is 48.7. The van der Waals surface area contributed by atoms with E-state index in [4.69, 9.17) is 9.47 Å². The van der Waals surface area contributed by atoms with E-state index in [1.165, 1.54) is 45.4 Å². The van der Waals surface area contributed by atoms with Crippen LogP contribution in [0.3, 0.4) is 0 Å². The van der Waals surface area contributed by atoms with Crippen LogP contribution in [0.25, 0.3) is 0 Å². The number of hydrogen-bond acceptors (Lipinski definition) is 4. The molecule has 4 rings (SSSR count). The van der Waals surface area contributed by atoms with Gasteiger partial charge in [0.2, 0.25) is 0 Å². The summed E-state index contributed by atoms with van der Waals surface area (Å²) in [5.41, 5.74) is 0.561. The highest BCUT2D eigenvalue weighted by atomic mass is 16.5. The number of esters is 2. The standard InChI is InChI=1S/C23H36O4/c1-14(24)26-17-9-11-22(3)16(13-17)5-6-18-19-7-8-21(27-15(2)25)23(19,4)12-10-20(18)22/h16-21H,5-13H2,1-4H3. The van der Waals surface area contributed by atoms with Gasteiger partial charge < -0.3 is 9.47 Å². The number of hydrogen-bond donors (Lipinski definition) is 0. The predicted molar refractivity (Wildman–Crippen MR) is 103 cm³/mol. The van der Waals surface area contributed by atoms with Gasteiger partial charge in [-0.15, -0.1) is 0 Å². The van der Waals surface area contributed by atoms with Gasteiger partial charge in [0.25, 0.3) is 0 Å². The second kappa shape index (κ2) is 6.77. The number of carbonyl (C=O) groups is 2. The van der Waals surface area contributed by atoms with Crippen molar-refractivity contribution < 1.29 is 19.1 Å². The lowest BCUT2D eigenvalue weighted by molar-refractivity contribution is -0.167. The smallest absolute Gasteiger partial charge is 0.302 e. The summed E-state index contributed by atoms with van der Waals surface area (Å²) in [7, 11) is 0. The van der Waals surface area contributed by atoms with Crippen LogP contribution in [0.4, 0.5) is 0 Å². The van der Waals surface area contributed by atoms with Crippen molar-refractivity contribution >= 4 is 11.9 Å². The summed E-state index contributed by atoms with van der Waals surface area (Å²) in [5, 5.41) is 0. The Hall–Kier alpha value is -1.06. The van der Waals surface area contributed by atoms with Crippen LogP contribution in [0.5, 0.6) is 0 Å². The molecule has 0 aliphatic heterocycles. The van der Waals surface area contributed by atoms with Gasteiger partial charge in [0.1, 0.15) is 12.2 Å². The van der Waals surface area contributed by atoms with Gasteiger partial charge >= 0.3 is 11.9 Å².